The highest BCUT2D eigenvalue weighted by atomic mass is 16.7. The number of allylic oxidation sites excluding steroid dienone is 1. The molecule has 1 heterocycles. The zero-order valence-corrected chi connectivity index (χ0v) is 21.8. The number of esters is 1. The molecule has 1 aromatic rings. The van der Waals surface area contributed by atoms with E-state index in [-0.39, 0.29) is 34.6 Å². The second-order valence-corrected chi connectivity index (χ2v) is 12.2. The van der Waals surface area contributed by atoms with Crippen LogP contribution in [0.15, 0.2) is 47.1 Å². The molecule has 0 bridgehead atoms. The van der Waals surface area contributed by atoms with E-state index in [1.165, 1.54) is 18.9 Å². The third-order valence-electron chi connectivity index (χ3n) is 10.6. The molecule has 0 radical (unpaired) electrons. The molecule has 6 nitrogen and oxygen atoms in total. The van der Waals surface area contributed by atoms with Crippen LogP contribution < -0.4 is 0 Å². The Morgan fingerprint density at radius 3 is 2.58 bits per heavy atom. The largest absolute Gasteiger partial charge is 0.458 e. The van der Waals surface area contributed by atoms with Crippen molar-refractivity contribution in [3.63, 3.8) is 0 Å². The summed E-state index contributed by atoms with van der Waals surface area (Å²) in [5, 5.41) is 4.18. The lowest BCUT2D eigenvalue weighted by Gasteiger charge is -2.58. The smallest absolute Gasteiger partial charge is 0.338 e. The van der Waals surface area contributed by atoms with E-state index in [1.807, 2.05) is 37.3 Å². The molecule has 4 fully saturated rings. The Kier molecular flexibility index (Phi) is 5.49. The zero-order chi connectivity index (χ0) is 25.3. The average Bonchev–Trinajstić information content (AvgIpc) is 3.54. The molecule has 192 valence electrons. The second kappa shape index (κ2) is 8.27. The Balaban J connectivity index is 1.20. The maximum absolute atomic E-state index is 12.7. The summed E-state index contributed by atoms with van der Waals surface area (Å²) in [7, 11) is 0. The van der Waals surface area contributed by atoms with Gasteiger partial charge in [-0.1, -0.05) is 48.9 Å². The summed E-state index contributed by atoms with van der Waals surface area (Å²) in [5.74, 6) is 1.22. The van der Waals surface area contributed by atoms with Crippen LogP contribution in [-0.4, -0.2) is 35.5 Å². The van der Waals surface area contributed by atoms with Gasteiger partial charge in [-0.05, 0) is 80.8 Å². The number of rotatable bonds is 4. The average molecular weight is 492 g/mol. The van der Waals surface area contributed by atoms with Crippen molar-refractivity contribution >= 4 is 17.7 Å². The van der Waals surface area contributed by atoms with Gasteiger partial charge in [-0.3, -0.25) is 0 Å². The highest BCUT2D eigenvalue weighted by Gasteiger charge is 2.78. The lowest BCUT2D eigenvalue weighted by molar-refractivity contribution is -0.141. The Morgan fingerprint density at radius 2 is 1.83 bits per heavy atom. The molecule has 0 spiro atoms. The number of ether oxygens (including phenoxy) is 2. The summed E-state index contributed by atoms with van der Waals surface area (Å²) in [6.07, 6.45) is 9.84. The van der Waals surface area contributed by atoms with Crippen LogP contribution in [0.4, 0.5) is 0 Å². The van der Waals surface area contributed by atoms with Crippen molar-refractivity contribution < 1.29 is 23.9 Å². The van der Waals surface area contributed by atoms with E-state index in [0.717, 1.165) is 44.2 Å². The maximum Gasteiger partial charge on any atom is 0.338 e. The molecular weight excluding hydrogens is 454 g/mol. The normalized spacial score (nSPS) is 42.7. The standard InChI is InChI=1S/C30H37NO5/c1-18(31-36-19(2)32)30-26(35-30)17-25-23-11-10-21-16-22(34-27(33)20-8-6-5-7-9-20)12-14-28(21,3)24(23)13-15-29(25,30)4/h5-10,22-26H,11-17H2,1-4H3/b31-18-/t22?,23?,24?,25?,26-,28+,29+,30?/m1/s1. The van der Waals surface area contributed by atoms with Gasteiger partial charge in [0.1, 0.15) is 11.7 Å². The first-order valence-electron chi connectivity index (χ1n) is 13.5. The molecule has 6 rings (SSSR count). The minimum absolute atomic E-state index is 0.0106. The zero-order valence-electron chi connectivity index (χ0n) is 21.8. The van der Waals surface area contributed by atoms with Crippen molar-refractivity contribution in [2.45, 2.75) is 90.4 Å². The predicted molar refractivity (Wildman–Crippen MR) is 135 cm³/mol. The van der Waals surface area contributed by atoms with Gasteiger partial charge in [0.05, 0.1) is 17.4 Å². The maximum atomic E-state index is 12.7. The molecule has 3 saturated carbocycles. The molecule has 8 atom stereocenters. The number of carbonyl (C=O) groups is 2. The molecule has 36 heavy (non-hydrogen) atoms. The van der Waals surface area contributed by atoms with Crippen LogP contribution in [0.25, 0.3) is 0 Å². The molecular formula is C30H37NO5. The quantitative estimate of drug-likeness (QED) is 0.132. The SMILES string of the molecule is CC(=O)O/N=C(/C)C12O[C@@H]1CC1C3CC=C4CC(OC(=O)c5ccccc5)CC[C@]4(C)C3CC[C@@]12C. The summed E-state index contributed by atoms with van der Waals surface area (Å²) >= 11 is 0. The highest BCUT2D eigenvalue weighted by Crippen LogP contribution is 2.73. The summed E-state index contributed by atoms with van der Waals surface area (Å²) in [4.78, 5) is 29.0. The van der Waals surface area contributed by atoms with E-state index >= 15 is 0 Å². The van der Waals surface area contributed by atoms with Crippen molar-refractivity contribution in [2.24, 2.45) is 33.7 Å². The summed E-state index contributed by atoms with van der Waals surface area (Å²) in [5.41, 5.74) is 2.72. The number of epoxide rings is 1. The van der Waals surface area contributed by atoms with Crippen LogP contribution in [0.3, 0.4) is 0 Å². The molecule has 1 saturated heterocycles. The predicted octanol–water partition coefficient (Wildman–Crippen LogP) is 5.86. The Labute approximate surface area is 213 Å². The molecule has 0 N–H and O–H groups in total. The third kappa shape index (κ3) is 3.36. The van der Waals surface area contributed by atoms with Gasteiger partial charge in [-0.15, -0.1) is 0 Å². The van der Waals surface area contributed by atoms with Crippen LogP contribution in [-0.2, 0) is 19.1 Å². The molecule has 6 heteroatoms. The number of oxime groups is 1. The van der Waals surface area contributed by atoms with E-state index in [9.17, 15) is 9.59 Å². The molecule has 1 aromatic carbocycles. The topological polar surface area (TPSA) is 77.5 Å². The lowest BCUT2D eigenvalue weighted by atomic mass is 9.47. The first-order valence-corrected chi connectivity index (χ1v) is 13.5. The van der Waals surface area contributed by atoms with Crippen molar-refractivity contribution in [2.75, 3.05) is 0 Å². The Bertz CT molecular complexity index is 1140. The minimum Gasteiger partial charge on any atom is -0.458 e. The van der Waals surface area contributed by atoms with Gasteiger partial charge < -0.3 is 14.3 Å². The van der Waals surface area contributed by atoms with Gasteiger partial charge >= 0.3 is 11.9 Å². The highest BCUT2D eigenvalue weighted by molar-refractivity contribution is 5.95. The van der Waals surface area contributed by atoms with Crippen molar-refractivity contribution in [3.05, 3.63) is 47.5 Å². The third-order valence-corrected chi connectivity index (χ3v) is 10.6. The number of fused-ring (bicyclic) bond motifs is 7. The van der Waals surface area contributed by atoms with E-state index in [0.29, 0.717) is 23.3 Å². The Hall–Kier alpha value is -2.47. The molecule has 4 aliphatic carbocycles. The number of hydrogen-bond acceptors (Lipinski definition) is 6. The van der Waals surface area contributed by atoms with Gasteiger partial charge in [0, 0.05) is 18.8 Å². The lowest BCUT2D eigenvalue weighted by Crippen LogP contribution is -2.54. The van der Waals surface area contributed by atoms with Gasteiger partial charge in [0.15, 0.2) is 0 Å². The van der Waals surface area contributed by atoms with Gasteiger partial charge in [-0.2, -0.15) is 0 Å². The monoisotopic (exact) mass is 491 g/mol. The van der Waals surface area contributed by atoms with Crippen molar-refractivity contribution in [1.82, 2.24) is 0 Å². The van der Waals surface area contributed by atoms with E-state index in [1.54, 1.807) is 0 Å². The van der Waals surface area contributed by atoms with E-state index in [2.05, 4.69) is 25.1 Å². The van der Waals surface area contributed by atoms with Crippen LogP contribution in [0.1, 0.15) is 83.0 Å². The first-order chi connectivity index (χ1) is 17.2. The van der Waals surface area contributed by atoms with Crippen molar-refractivity contribution in [3.8, 4) is 0 Å². The van der Waals surface area contributed by atoms with Crippen LogP contribution >= 0.6 is 0 Å². The molecule has 0 amide bonds. The first kappa shape index (κ1) is 23.9. The fraction of sp³-hybridized carbons (Fsp3) is 0.633. The number of hydrogen-bond donors (Lipinski definition) is 0. The molecule has 1 aliphatic heterocycles. The summed E-state index contributed by atoms with van der Waals surface area (Å²) < 4.78 is 12.3. The Morgan fingerprint density at radius 1 is 1.06 bits per heavy atom. The van der Waals surface area contributed by atoms with E-state index < -0.39 is 5.97 Å². The number of nitrogens with zero attached hydrogens (tertiary/aromatic N) is 1. The van der Waals surface area contributed by atoms with Crippen LogP contribution in [0, 0.1) is 28.6 Å². The van der Waals surface area contributed by atoms with Gasteiger partial charge in [0.2, 0.25) is 0 Å². The fourth-order valence-electron chi connectivity index (χ4n) is 8.81. The number of carbonyl (C=O) groups excluding carboxylic acids is 2. The fourth-order valence-corrected chi connectivity index (χ4v) is 8.81. The summed E-state index contributed by atoms with van der Waals surface area (Å²) in [6.45, 7) is 8.19. The molecule has 5 aliphatic rings. The van der Waals surface area contributed by atoms with Crippen molar-refractivity contribution in [1.29, 1.82) is 0 Å². The van der Waals surface area contributed by atoms with Gasteiger partial charge in [0.25, 0.3) is 0 Å². The summed E-state index contributed by atoms with van der Waals surface area (Å²) in [6, 6.07) is 9.30. The van der Waals surface area contributed by atoms with E-state index in [4.69, 9.17) is 14.3 Å². The van der Waals surface area contributed by atoms with Gasteiger partial charge in [-0.25, -0.2) is 9.59 Å². The second-order valence-electron chi connectivity index (χ2n) is 12.2. The van der Waals surface area contributed by atoms with Crippen LogP contribution in [0.2, 0.25) is 0 Å². The molecule has 5 unspecified atom stereocenters. The minimum atomic E-state index is -0.394. The van der Waals surface area contributed by atoms with Crippen LogP contribution in [0.5, 0.6) is 0 Å². The molecule has 0 aromatic heterocycles. The number of benzene rings is 1.